The lowest BCUT2D eigenvalue weighted by atomic mass is 10.2. The average Bonchev–Trinajstić information content (AvgIpc) is 2.38. The van der Waals surface area contributed by atoms with Gasteiger partial charge in [0.1, 0.15) is 5.82 Å². The van der Waals surface area contributed by atoms with E-state index in [2.05, 4.69) is 10.5 Å². The summed E-state index contributed by atoms with van der Waals surface area (Å²) in [5, 5.41) is 5.23. The van der Waals surface area contributed by atoms with E-state index in [0.717, 1.165) is 5.04 Å². The summed E-state index contributed by atoms with van der Waals surface area (Å²) in [5.74, 6) is 0.149. The Kier molecular flexibility index (Phi) is 9.83. The van der Waals surface area contributed by atoms with Gasteiger partial charge in [-0.1, -0.05) is 43.7 Å². The Bertz CT molecular complexity index is 430. The van der Waals surface area contributed by atoms with Crippen molar-refractivity contribution < 1.29 is 4.39 Å². The van der Waals surface area contributed by atoms with E-state index in [4.69, 9.17) is 23.8 Å². The predicted molar refractivity (Wildman–Crippen MR) is 88.6 cm³/mol. The molecule has 0 saturated carbocycles. The Labute approximate surface area is 128 Å². The molecule has 1 N–H and O–H groups in total. The molecule has 6 heteroatoms. The third-order valence-electron chi connectivity index (χ3n) is 1.86. The second kappa shape index (κ2) is 10.2. The minimum Gasteiger partial charge on any atom is -0.271 e. The molecule has 1 aromatic rings. The van der Waals surface area contributed by atoms with Crippen LogP contribution in [-0.2, 0) is 5.75 Å². The van der Waals surface area contributed by atoms with E-state index in [1.165, 1.54) is 17.8 Å². The number of hydrogen-bond acceptors (Lipinski definition) is 3. The van der Waals surface area contributed by atoms with Crippen molar-refractivity contribution in [3.63, 3.8) is 0 Å². The SMILES string of the molecule is CC.CC(=S)N/N=C(\C)SCc1c(F)cccc1Cl. The second-order valence-corrected chi connectivity index (χ2v) is 5.48. The summed E-state index contributed by atoms with van der Waals surface area (Å²) in [6.07, 6.45) is 0. The minimum absolute atomic E-state index is 0.295. The van der Waals surface area contributed by atoms with Crippen LogP contribution in [0.3, 0.4) is 0 Å². The van der Waals surface area contributed by atoms with Crippen LogP contribution in [0.1, 0.15) is 33.3 Å². The Hall–Kier alpha value is -0.650. The molecule has 0 saturated heterocycles. The van der Waals surface area contributed by atoms with Crippen molar-refractivity contribution >= 4 is 45.6 Å². The third-order valence-corrected chi connectivity index (χ3v) is 3.25. The first-order chi connectivity index (χ1) is 9.00. The second-order valence-electron chi connectivity index (χ2n) is 3.29. The van der Waals surface area contributed by atoms with Crippen LogP contribution >= 0.6 is 35.6 Å². The molecule has 0 heterocycles. The highest BCUT2D eigenvalue weighted by Gasteiger charge is 2.07. The molecule has 106 valence electrons. The molecule has 0 unspecified atom stereocenters. The van der Waals surface area contributed by atoms with Gasteiger partial charge in [-0.2, -0.15) is 5.10 Å². The van der Waals surface area contributed by atoms with E-state index < -0.39 is 0 Å². The van der Waals surface area contributed by atoms with Crippen LogP contribution in [0, 0.1) is 5.82 Å². The van der Waals surface area contributed by atoms with Gasteiger partial charge >= 0.3 is 0 Å². The molecular weight excluding hydrogens is 303 g/mol. The Morgan fingerprint density at radius 1 is 1.42 bits per heavy atom. The fourth-order valence-corrected chi connectivity index (χ4v) is 2.15. The maximum atomic E-state index is 13.4. The molecule has 1 rings (SSSR count). The van der Waals surface area contributed by atoms with Gasteiger partial charge in [-0.25, -0.2) is 4.39 Å². The Balaban J connectivity index is 0.00000154. The van der Waals surface area contributed by atoms with Gasteiger partial charge in [-0.05, 0) is 26.0 Å². The molecule has 0 radical (unpaired) electrons. The zero-order valence-electron chi connectivity index (χ0n) is 11.5. The smallest absolute Gasteiger partial charge is 0.128 e. The van der Waals surface area contributed by atoms with Crippen LogP contribution in [0.25, 0.3) is 0 Å². The van der Waals surface area contributed by atoms with Gasteiger partial charge in [0.2, 0.25) is 0 Å². The maximum Gasteiger partial charge on any atom is 0.128 e. The fourth-order valence-electron chi connectivity index (χ4n) is 1.04. The number of nitrogens with zero attached hydrogens (tertiary/aromatic N) is 1. The molecule has 0 amide bonds. The van der Waals surface area contributed by atoms with Crippen molar-refractivity contribution in [3.05, 3.63) is 34.6 Å². The van der Waals surface area contributed by atoms with Gasteiger partial charge in [-0.3, -0.25) is 5.43 Å². The summed E-state index contributed by atoms with van der Waals surface area (Å²) in [6, 6.07) is 4.66. The summed E-state index contributed by atoms with van der Waals surface area (Å²) in [5.41, 5.74) is 3.18. The number of halogens is 2. The van der Waals surface area contributed by atoms with Crippen molar-refractivity contribution in [2.24, 2.45) is 5.10 Å². The Morgan fingerprint density at radius 2 is 2.05 bits per heavy atom. The highest BCUT2D eigenvalue weighted by atomic mass is 35.5. The van der Waals surface area contributed by atoms with Gasteiger partial charge in [0.05, 0.1) is 10.0 Å². The first-order valence-corrected chi connectivity index (χ1v) is 7.64. The van der Waals surface area contributed by atoms with Crippen LogP contribution in [-0.4, -0.2) is 10.0 Å². The molecule has 0 aliphatic carbocycles. The molecule has 2 nitrogen and oxygen atoms in total. The predicted octanol–water partition coefficient (Wildman–Crippen LogP) is 5.01. The van der Waals surface area contributed by atoms with E-state index >= 15 is 0 Å². The normalized spacial score (nSPS) is 10.5. The highest BCUT2D eigenvalue weighted by molar-refractivity contribution is 8.13. The first-order valence-electron chi connectivity index (χ1n) is 5.87. The van der Waals surface area contributed by atoms with Crippen molar-refractivity contribution in [3.8, 4) is 0 Å². The summed E-state index contributed by atoms with van der Waals surface area (Å²) < 4.78 is 13.4. The van der Waals surface area contributed by atoms with Crippen LogP contribution in [0.15, 0.2) is 23.3 Å². The molecule has 1 aromatic carbocycles. The van der Waals surface area contributed by atoms with Gasteiger partial charge in [0, 0.05) is 16.3 Å². The lowest BCUT2D eigenvalue weighted by Gasteiger charge is -2.05. The van der Waals surface area contributed by atoms with E-state index in [0.29, 0.717) is 21.3 Å². The zero-order valence-corrected chi connectivity index (χ0v) is 13.8. The van der Waals surface area contributed by atoms with Crippen LogP contribution < -0.4 is 5.43 Å². The molecule has 0 bridgehead atoms. The monoisotopic (exact) mass is 320 g/mol. The van der Waals surface area contributed by atoms with E-state index in [-0.39, 0.29) is 5.82 Å². The molecule has 0 aromatic heterocycles. The topological polar surface area (TPSA) is 24.4 Å². The summed E-state index contributed by atoms with van der Waals surface area (Å²) in [7, 11) is 0. The average molecular weight is 321 g/mol. The van der Waals surface area contributed by atoms with Crippen molar-refractivity contribution in [2.75, 3.05) is 0 Å². The van der Waals surface area contributed by atoms with Gasteiger partial charge in [0.15, 0.2) is 0 Å². The highest BCUT2D eigenvalue weighted by Crippen LogP contribution is 2.24. The molecule has 19 heavy (non-hydrogen) atoms. The summed E-state index contributed by atoms with van der Waals surface area (Å²) >= 11 is 12.1. The Morgan fingerprint density at radius 3 is 2.58 bits per heavy atom. The number of thioether (sulfide) groups is 1. The van der Waals surface area contributed by atoms with Crippen LogP contribution in [0.5, 0.6) is 0 Å². The van der Waals surface area contributed by atoms with Crippen molar-refractivity contribution in [1.29, 1.82) is 0 Å². The molecule has 0 aliphatic rings. The number of hydrogen-bond donors (Lipinski definition) is 1. The van der Waals surface area contributed by atoms with E-state index in [1.807, 2.05) is 20.8 Å². The number of rotatable bonds is 3. The number of benzene rings is 1. The zero-order chi connectivity index (χ0) is 14.8. The number of nitrogens with one attached hydrogen (secondary N) is 1. The lowest BCUT2D eigenvalue weighted by Crippen LogP contribution is -2.11. The summed E-state index contributed by atoms with van der Waals surface area (Å²) in [4.78, 5) is 0.592. The van der Waals surface area contributed by atoms with Crippen molar-refractivity contribution in [2.45, 2.75) is 33.4 Å². The quantitative estimate of drug-likeness (QED) is 0.367. The molecule has 0 spiro atoms. The van der Waals surface area contributed by atoms with Crippen molar-refractivity contribution in [1.82, 2.24) is 5.43 Å². The van der Waals surface area contributed by atoms with E-state index in [1.54, 1.807) is 19.1 Å². The first kappa shape index (κ1) is 18.4. The van der Waals surface area contributed by atoms with Gasteiger partial charge in [0.25, 0.3) is 0 Å². The molecular formula is C13H18ClFN2S2. The minimum atomic E-state index is -0.295. The number of hydrazone groups is 1. The third kappa shape index (κ3) is 7.50. The molecule has 0 atom stereocenters. The number of thiocarbonyl (C=S) groups is 1. The van der Waals surface area contributed by atoms with Crippen LogP contribution in [0.4, 0.5) is 4.39 Å². The fraction of sp³-hybridized carbons (Fsp3) is 0.385. The largest absolute Gasteiger partial charge is 0.271 e. The maximum absolute atomic E-state index is 13.4. The van der Waals surface area contributed by atoms with Gasteiger partial charge < -0.3 is 0 Å². The van der Waals surface area contributed by atoms with E-state index in [9.17, 15) is 4.39 Å². The summed E-state index contributed by atoms with van der Waals surface area (Å²) in [6.45, 7) is 7.56. The van der Waals surface area contributed by atoms with Gasteiger partial charge in [-0.15, -0.1) is 11.8 Å². The lowest BCUT2D eigenvalue weighted by molar-refractivity contribution is 0.617. The molecule has 0 fully saturated rings. The van der Waals surface area contributed by atoms with Crippen LogP contribution in [0.2, 0.25) is 5.02 Å². The molecule has 0 aliphatic heterocycles. The standard InChI is InChI=1S/C11H12ClFN2S2.C2H6/c1-7(16)14-15-8(2)17-6-9-10(12)4-3-5-11(9)13;1-2/h3-5H,6H2,1-2H3,(H,14,16);1-2H3/b15-8+;.